The summed E-state index contributed by atoms with van der Waals surface area (Å²) in [5.41, 5.74) is 0. The summed E-state index contributed by atoms with van der Waals surface area (Å²) in [5.74, 6) is 0.200. The summed E-state index contributed by atoms with van der Waals surface area (Å²) < 4.78 is 0. The van der Waals surface area contributed by atoms with Crippen molar-refractivity contribution in [1.29, 1.82) is 0 Å². The first kappa shape index (κ1) is 12.2. The first-order valence-corrected chi connectivity index (χ1v) is 5.64. The maximum atomic E-state index is 11.5. The van der Waals surface area contributed by atoms with E-state index in [9.17, 15) is 9.59 Å². The smallest absolute Gasteiger partial charge is 0.243 e. The van der Waals surface area contributed by atoms with Gasteiger partial charge in [-0.1, -0.05) is 20.3 Å². The molecule has 2 amide bonds. The summed E-state index contributed by atoms with van der Waals surface area (Å²) in [5, 5.41) is 5.63. The monoisotopic (exact) mass is 212 g/mol. The number of amides is 2. The Morgan fingerprint density at radius 2 is 2.13 bits per heavy atom. The van der Waals surface area contributed by atoms with Gasteiger partial charge in [-0.25, -0.2) is 0 Å². The van der Waals surface area contributed by atoms with Gasteiger partial charge in [0.25, 0.3) is 0 Å². The third-order valence-corrected chi connectivity index (χ3v) is 3.20. The molecule has 0 aromatic heterocycles. The van der Waals surface area contributed by atoms with Crippen LogP contribution in [0.4, 0.5) is 0 Å². The average molecular weight is 212 g/mol. The van der Waals surface area contributed by atoms with E-state index in [0.29, 0.717) is 24.8 Å². The first-order valence-electron chi connectivity index (χ1n) is 5.64. The molecule has 0 aliphatic carbocycles. The van der Waals surface area contributed by atoms with E-state index >= 15 is 0 Å². The fourth-order valence-electron chi connectivity index (χ4n) is 1.69. The summed E-state index contributed by atoms with van der Waals surface area (Å²) in [6.45, 7) is 6.37. The van der Waals surface area contributed by atoms with Gasteiger partial charge in [-0.05, 0) is 19.3 Å². The zero-order valence-corrected chi connectivity index (χ0v) is 9.67. The molecule has 1 aliphatic heterocycles. The van der Waals surface area contributed by atoms with Crippen molar-refractivity contribution in [3.05, 3.63) is 0 Å². The SMILES string of the molecule is CCC(C)C(C)NC1CCC(=O)NC1=O. The highest BCUT2D eigenvalue weighted by Gasteiger charge is 2.28. The molecule has 1 rings (SSSR count). The van der Waals surface area contributed by atoms with Gasteiger partial charge in [0.15, 0.2) is 0 Å². The summed E-state index contributed by atoms with van der Waals surface area (Å²) in [6.07, 6.45) is 2.14. The Bertz CT molecular complexity index is 253. The minimum absolute atomic E-state index is 0.158. The van der Waals surface area contributed by atoms with Gasteiger partial charge in [-0.2, -0.15) is 0 Å². The molecule has 0 spiro atoms. The zero-order chi connectivity index (χ0) is 11.4. The Morgan fingerprint density at radius 3 is 2.67 bits per heavy atom. The maximum Gasteiger partial charge on any atom is 0.243 e. The Balaban J connectivity index is 2.44. The number of hydrogen-bond acceptors (Lipinski definition) is 3. The van der Waals surface area contributed by atoms with Gasteiger partial charge in [-0.3, -0.25) is 14.9 Å². The van der Waals surface area contributed by atoms with Crippen molar-refractivity contribution in [2.75, 3.05) is 0 Å². The van der Waals surface area contributed by atoms with Crippen LogP contribution in [-0.2, 0) is 9.59 Å². The molecular formula is C11H20N2O2. The number of carbonyl (C=O) groups excluding carboxylic acids is 2. The number of piperidine rings is 1. The maximum absolute atomic E-state index is 11.5. The van der Waals surface area contributed by atoms with E-state index in [1.165, 1.54) is 0 Å². The van der Waals surface area contributed by atoms with E-state index in [2.05, 4.69) is 31.4 Å². The molecule has 86 valence electrons. The largest absolute Gasteiger partial charge is 0.303 e. The molecule has 0 aromatic rings. The molecule has 0 aromatic carbocycles. The lowest BCUT2D eigenvalue weighted by Gasteiger charge is -2.28. The summed E-state index contributed by atoms with van der Waals surface area (Å²) >= 11 is 0. The van der Waals surface area contributed by atoms with Crippen molar-refractivity contribution in [3.8, 4) is 0 Å². The van der Waals surface area contributed by atoms with Crippen LogP contribution in [0.2, 0.25) is 0 Å². The van der Waals surface area contributed by atoms with Crippen LogP contribution in [0.5, 0.6) is 0 Å². The van der Waals surface area contributed by atoms with Crippen LogP contribution in [0.1, 0.15) is 40.0 Å². The summed E-state index contributed by atoms with van der Waals surface area (Å²) in [4.78, 5) is 22.4. The molecule has 4 heteroatoms. The molecule has 1 aliphatic rings. The highest BCUT2D eigenvalue weighted by Crippen LogP contribution is 2.11. The lowest BCUT2D eigenvalue weighted by molar-refractivity contribution is -0.134. The number of hydrogen-bond donors (Lipinski definition) is 2. The molecule has 1 saturated heterocycles. The molecule has 0 radical (unpaired) electrons. The van der Waals surface area contributed by atoms with E-state index in [1.54, 1.807) is 0 Å². The lowest BCUT2D eigenvalue weighted by Crippen LogP contribution is -2.53. The van der Waals surface area contributed by atoms with Gasteiger partial charge in [-0.15, -0.1) is 0 Å². The molecule has 1 fully saturated rings. The molecular weight excluding hydrogens is 192 g/mol. The second-order valence-electron chi connectivity index (χ2n) is 4.34. The van der Waals surface area contributed by atoms with Crippen LogP contribution >= 0.6 is 0 Å². The molecule has 0 saturated carbocycles. The Labute approximate surface area is 90.8 Å². The average Bonchev–Trinajstić information content (AvgIpc) is 2.20. The molecule has 3 unspecified atom stereocenters. The molecule has 3 atom stereocenters. The number of rotatable bonds is 4. The quantitative estimate of drug-likeness (QED) is 0.678. The van der Waals surface area contributed by atoms with E-state index in [0.717, 1.165) is 6.42 Å². The van der Waals surface area contributed by atoms with E-state index in [1.807, 2.05) is 0 Å². The topological polar surface area (TPSA) is 58.2 Å². The van der Waals surface area contributed by atoms with Gasteiger partial charge in [0, 0.05) is 12.5 Å². The van der Waals surface area contributed by atoms with Gasteiger partial charge in [0.05, 0.1) is 6.04 Å². The van der Waals surface area contributed by atoms with Gasteiger partial charge in [0.2, 0.25) is 11.8 Å². The predicted molar refractivity (Wildman–Crippen MR) is 58.2 cm³/mol. The molecule has 1 heterocycles. The van der Waals surface area contributed by atoms with E-state index in [-0.39, 0.29) is 17.9 Å². The Morgan fingerprint density at radius 1 is 1.47 bits per heavy atom. The molecule has 15 heavy (non-hydrogen) atoms. The van der Waals surface area contributed by atoms with Gasteiger partial charge >= 0.3 is 0 Å². The predicted octanol–water partition coefficient (Wildman–Crippen LogP) is 0.816. The second-order valence-corrected chi connectivity index (χ2v) is 4.34. The fraction of sp³-hybridized carbons (Fsp3) is 0.818. The third kappa shape index (κ3) is 3.30. The summed E-state index contributed by atoms with van der Waals surface area (Å²) in [7, 11) is 0. The van der Waals surface area contributed by atoms with Crippen LogP contribution < -0.4 is 10.6 Å². The van der Waals surface area contributed by atoms with Crippen LogP contribution in [-0.4, -0.2) is 23.9 Å². The minimum Gasteiger partial charge on any atom is -0.303 e. The van der Waals surface area contributed by atoms with Crippen LogP contribution in [0.25, 0.3) is 0 Å². The highest BCUT2D eigenvalue weighted by atomic mass is 16.2. The van der Waals surface area contributed by atoms with Crippen LogP contribution in [0.15, 0.2) is 0 Å². The standard InChI is InChI=1S/C11H20N2O2/c1-4-7(2)8(3)12-9-5-6-10(14)13-11(9)15/h7-9,12H,4-6H2,1-3H3,(H,13,14,15). The first-order chi connectivity index (χ1) is 7.04. The Kier molecular flexibility index (Phi) is 4.27. The fourth-order valence-corrected chi connectivity index (χ4v) is 1.69. The Hall–Kier alpha value is -0.900. The van der Waals surface area contributed by atoms with Crippen LogP contribution in [0, 0.1) is 5.92 Å². The van der Waals surface area contributed by atoms with Gasteiger partial charge < -0.3 is 5.32 Å². The number of imide groups is 1. The third-order valence-electron chi connectivity index (χ3n) is 3.20. The minimum atomic E-state index is -0.202. The van der Waals surface area contributed by atoms with E-state index < -0.39 is 0 Å². The zero-order valence-electron chi connectivity index (χ0n) is 9.67. The normalized spacial score (nSPS) is 25.9. The van der Waals surface area contributed by atoms with Crippen molar-refractivity contribution in [3.63, 3.8) is 0 Å². The van der Waals surface area contributed by atoms with Crippen molar-refractivity contribution in [2.24, 2.45) is 5.92 Å². The molecule has 2 N–H and O–H groups in total. The highest BCUT2D eigenvalue weighted by molar-refractivity contribution is 6.00. The van der Waals surface area contributed by atoms with Gasteiger partial charge in [0.1, 0.15) is 0 Å². The molecule has 4 nitrogen and oxygen atoms in total. The number of nitrogens with one attached hydrogen (secondary N) is 2. The second kappa shape index (κ2) is 5.26. The van der Waals surface area contributed by atoms with Crippen LogP contribution in [0.3, 0.4) is 0 Å². The molecule has 0 bridgehead atoms. The van der Waals surface area contributed by atoms with Crippen molar-refractivity contribution < 1.29 is 9.59 Å². The number of carbonyl (C=O) groups is 2. The van der Waals surface area contributed by atoms with Crippen molar-refractivity contribution >= 4 is 11.8 Å². The van der Waals surface area contributed by atoms with E-state index in [4.69, 9.17) is 0 Å². The summed E-state index contributed by atoms with van der Waals surface area (Å²) in [6, 6.07) is 0.102. The van der Waals surface area contributed by atoms with Crippen molar-refractivity contribution in [1.82, 2.24) is 10.6 Å². The lowest BCUT2D eigenvalue weighted by atomic mass is 9.98. The van der Waals surface area contributed by atoms with Crippen molar-refractivity contribution in [2.45, 2.75) is 52.1 Å².